The van der Waals surface area contributed by atoms with Crippen LogP contribution in [0.3, 0.4) is 0 Å². The SMILES string of the molecule is O=c1[nH]c(SC(F)(C(F)(F)F)C(F)(F)F)c(C(F)(C(F)(F)F)C(F)(F)F)o1. The van der Waals surface area contributed by atoms with Gasteiger partial charge in [-0.25, -0.2) is 13.6 Å². The van der Waals surface area contributed by atoms with Crippen molar-refractivity contribution >= 4 is 11.8 Å². The van der Waals surface area contributed by atoms with Gasteiger partial charge < -0.3 is 4.42 Å². The molecule has 3 nitrogen and oxygen atoms in total. The minimum Gasteiger partial charge on any atom is -0.408 e. The lowest BCUT2D eigenvalue weighted by Crippen LogP contribution is -2.52. The molecule has 1 heterocycles. The fourth-order valence-electron chi connectivity index (χ4n) is 1.45. The van der Waals surface area contributed by atoms with Crippen LogP contribution in [0.2, 0.25) is 0 Å². The third-order valence-electron chi connectivity index (χ3n) is 2.68. The van der Waals surface area contributed by atoms with Crippen molar-refractivity contribution in [2.24, 2.45) is 0 Å². The average molecular weight is 453 g/mol. The smallest absolute Gasteiger partial charge is 0.408 e. The van der Waals surface area contributed by atoms with E-state index in [4.69, 9.17) is 0 Å². The van der Waals surface area contributed by atoms with Gasteiger partial charge in [-0.1, -0.05) is 0 Å². The molecule has 0 aliphatic heterocycles. The fraction of sp³-hybridized carbons (Fsp3) is 0.667. The Hall–Kier alpha value is -1.62. The number of H-pyrrole nitrogens is 1. The van der Waals surface area contributed by atoms with E-state index in [1.165, 1.54) is 0 Å². The van der Waals surface area contributed by atoms with E-state index in [9.17, 15) is 66.3 Å². The molecule has 0 aromatic carbocycles. The number of nitrogens with one attached hydrogen (secondary N) is 1. The van der Waals surface area contributed by atoms with Gasteiger partial charge in [-0.05, 0) is 11.8 Å². The average Bonchev–Trinajstić information content (AvgIpc) is 2.73. The normalized spacial score (nSPS) is 15.3. The second kappa shape index (κ2) is 6.20. The quantitative estimate of drug-likeness (QED) is 0.510. The first-order chi connectivity index (χ1) is 11.6. The molecule has 0 aliphatic carbocycles. The molecule has 0 fully saturated rings. The Bertz CT molecular complexity index is 706. The van der Waals surface area contributed by atoms with E-state index in [0.29, 0.717) is 4.98 Å². The van der Waals surface area contributed by atoms with Crippen LogP contribution < -0.4 is 5.76 Å². The van der Waals surface area contributed by atoms with Gasteiger partial charge in [0.2, 0.25) is 0 Å². The van der Waals surface area contributed by atoms with Crippen molar-refractivity contribution in [3.05, 3.63) is 16.3 Å². The highest BCUT2D eigenvalue weighted by Crippen LogP contribution is 2.59. The second-order valence-electron chi connectivity index (χ2n) is 4.52. The molecule has 1 N–H and O–H groups in total. The Balaban J connectivity index is 3.76. The lowest BCUT2D eigenvalue weighted by molar-refractivity contribution is -0.354. The summed E-state index contributed by atoms with van der Waals surface area (Å²) in [5.74, 6) is -5.87. The molecule has 158 valence electrons. The lowest BCUT2D eigenvalue weighted by Gasteiger charge is -2.31. The number of hydrogen-bond acceptors (Lipinski definition) is 3. The van der Waals surface area contributed by atoms with Gasteiger partial charge in [-0.15, -0.1) is 0 Å². The third-order valence-corrected chi connectivity index (χ3v) is 3.92. The van der Waals surface area contributed by atoms with Crippen LogP contribution in [-0.4, -0.2) is 34.7 Å². The monoisotopic (exact) mass is 453 g/mol. The summed E-state index contributed by atoms with van der Waals surface area (Å²) in [7, 11) is 0. The van der Waals surface area contributed by atoms with Gasteiger partial charge in [0.05, 0.1) is 0 Å². The van der Waals surface area contributed by atoms with Gasteiger partial charge in [0.25, 0.3) is 0 Å². The molecular formula is C9HF14NO2S. The first-order valence-electron chi connectivity index (χ1n) is 5.67. The highest BCUT2D eigenvalue weighted by Gasteiger charge is 2.78. The van der Waals surface area contributed by atoms with Crippen molar-refractivity contribution in [1.82, 2.24) is 4.98 Å². The fourth-order valence-corrected chi connectivity index (χ4v) is 2.37. The molecule has 1 rings (SSSR count). The largest absolute Gasteiger partial charge is 0.441 e. The van der Waals surface area contributed by atoms with Crippen LogP contribution >= 0.6 is 11.8 Å². The van der Waals surface area contributed by atoms with Crippen LogP contribution in [0.5, 0.6) is 0 Å². The van der Waals surface area contributed by atoms with E-state index in [1.54, 1.807) is 0 Å². The van der Waals surface area contributed by atoms with Gasteiger partial charge in [0.1, 0.15) is 5.03 Å². The molecule has 1 aromatic rings. The van der Waals surface area contributed by atoms with Crippen LogP contribution in [0.25, 0.3) is 0 Å². The van der Waals surface area contributed by atoms with Crippen molar-refractivity contribution in [2.75, 3.05) is 0 Å². The molecule has 0 radical (unpaired) electrons. The molecule has 0 aliphatic rings. The zero-order valence-electron chi connectivity index (χ0n) is 11.5. The van der Waals surface area contributed by atoms with Gasteiger partial charge in [-0.2, -0.15) is 52.7 Å². The van der Waals surface area contributed by atoms with Gasteiger partial charge in [0, 0.05) is 0 Å². The van der Waals surface area contributed by atoms with E-state index < -0.39 is 63.7 Å². The number of oxazole rings is 1. The second-order valence-corrected chi connectivity index (χ2v) is 5.69. The van der Waals surface area contributed by atoms with Crippen molar-refractivity contribution in [3.8, 4) is 0 Å². The first-order valence-corrected chi connectivity index (χ1v) is 6.48. The summed E-state index contributed by atoms with van der Waals surface area (Å²) in [4.78, 5) is 11.3. The summed E-state index contributed by atoms with van der Waals surface area (Å²) in [6.45, 7) is 0. The maximum atomic E-state index is 13.8. The third kappa shape index (κ3) is 3.71. The van der Waals surface area contributed by atoms with E-state index in [-0.39, 0.29) is 0 Å². The highest BCUT2D eigenvalue weighted by atomic mass is 32.2. The standard InChI is InChI=1S/C9HF14NO2S/c10-4(6(12,13)14,7(15,16)17)1-2(24-3(25)26-1)27-5(11,8(18,19)20)9(21,22)23/h(H,24,25). The Morgan fingerprint density at radius 2 is 1.04 bits per heavy atom. The summed E-state index contributed by atoms with van der Waals surface area (Å²) in [6.07, 6.45) is -28.0. The summed E-state index contributed by atoms with van der Waals surface area (Å²) in [5, 5.41) is -9.27. The van der Waals surface area contributed by atoms with E-state index in [0.717, 1.165) is 0 Å². The molecule has 27 heavy (non-hydrogen) atoms. The molecule has 0 spiro atoms. The molecule has 1 aromatic heterocycles. The van der Waals surface area contributed by atoms with Crippen LogP contribution in [0.15, 0.2) is 14.2 Å². The predicted molar refractivity (Wildman–Crippen MR) is 56.0 cm³/mol. The lowest BCUT2D eigenvalue weighted by atomic mass is 10.0. The van der Waals surface area contributed by atoms with E-state index >= 15 is 0 Å². The number of aromatic amines is 1. The van der Waals surface area contributed by atoms with Gasteiger partial charge in [0.15, 0.2) is 5.76 Å². The maximum absolute atomic E-state index is 13.8. The van der Waals surface area contributed by atoms with Crippen LogP contribution in [0.4, 0.5) is 61.5 Å². The van der Waals surface area contributed by atoms with E-state index in [2.05, 4.69) is 4.42 Å². The zero-order valence-corrected chi connectivity index (χ0v) is 12.3. The summed E-state index contributed by atoms with van der Waals surface area (Å²) in [5.41, 5.74) is -6.72. The number of aromatic nitrogens is 1. The number of thioether (sulfide) groups is 1. The predicted octanol–water partition coefficient (Wildman–Crippen LogP) is 5.14. The minimum atomic E-state index is -7.06. The maximum Gasteiger partial charge on any atom is 0.441 e. The molecule has 0 saturated heterocycles. The van der Waals surface area contributed by atoms with Crippen LogP contribution in [-0.2, 0) is 5.67 Å². The topological polar surface area (TPSA) is 46.0 Å². The molecule has 0 atom stereocenters. The van der Waals surface area contributed by atoms with Crippen molar-refractivity contribution in [3.63, 3.8) is 0 Å². The number of halogens is 14. The molecular weight excluding hydrogens is 452 g/mol. The van der Waals surface area contributed by atoms with Gasteiger partial charge in [-0.3, -0.25) is 4.98 Å². The first kappa shape index (κ1) is 23.4. The van der Waals surface area contributed by atoms with E-state index in [1.807, 2.05) is 0 Å². The summed E-state index contributed by atoms with van der Waals surface area (Å²) >= 11 is -2.39. The van der Waals surface area contributed by atoms with Crippen LogP contribution in [0, 0.1) is 0 Å². The number of alkyl halides is 14. The molecule has 0 saturated carbocycles. The highest BCUT2D eigenvalue weighted by molar-refractivity contribution is 8.00. The van der Waals surface area contributed by atoms with Gasteiger partial charge >= 0.3 is 41.1 Å². The Morgan fingerprint density at radius 3 is 1.33 bits per heavy atom. The Morgan fingerprint density at radius 1 is 0.667 bits per heavy atom. The Labute approximate surface area is 140 Å². The Kier molecular flexibility index (Phi) is 5.37. The van der Waals surface area contributed by atoms with Crippen molar-refractivity contribution < 1.29 is 65.9 Å². The van der Waals surface area contributed by atoms with Crippen LogP contribution in [0.1, 0.15) is 5.76 Å². The summed E-state index contributed by atoms with van der Waals surface area (Å²) in [6, 6.07) is 0. The number of rotatable bonds is 3. The molecule has 18 heteroatoms. The molecule has 0 amide bonds. The number of hydrogen-bond donors (Lipinski definition) is 1. The summed E-state index contributed by atoms with van der Waals surface area (Å²) < 4.78 is 180. The van der Waals surface area contributed by atoms with Crippen molar-refractivity contribution in [2.45, 2.75) is 40.4 Å². The molecule has 0 bridgehead atoms. The van der Waals surface area contributed by atoms with Crippen molar-refractivity contribution in [1.29, 1.82) is 0 Å². The molecule has 0 unspecified atom stereocenters. The zero-order chi connectivity index (χ0) is 21.9. The minimum absolute atomic E-state index is 0.555.